The van der Waals surface area contributed by atoms with Gasteiger partial charge < -0.3 is 10.1 Å². The topological polar surface area (TPSA) is 72.5 Å². The van der Waals surface area contributed by atoms with Gasteiger partial charge in [0.05, 0.1) is 35.4 Å². The van der Waals surface area contributed by atoms with Gasteiger partial charge in [0, 0.05) is 6.61 Å². The Morgan fingerprint density at radius 1 is 1.38 bits per heavy atom. The molecule has 0 aromatic heterocycles. The molecule has 2 rings (SSSR count). The van der Waals surface area contributed by atoms with Gasteiger partial charge in [-0.2, -0.15) is 0 Å². The number of hydrogen-bond donors (Lipinski definition) is 1. The van der Waals surface area contributed by atoms with Crippen molar-refractivity contribution in [3.8, 4) is 0 Å². The Morgan fingerprint density at radius 3 is 2.62 bits per heavy atom. The van der Waals surface area contributed by atoms with Crippen LogP contribution in [0.1, 0.15) is 6.42 Å². The number of amides is 1. The first-order valence-electron chi connectivity index (χ1n) is 5.20. The zero-order chi connectivity index (χ0) is 11.8. The molecular weight excluding hydrogens is 254 g/mol. The van der Waals surface area contributed by atoms with E-state index in [9.17, 15) is 13.2 Å². The molecule has 1 amide bonds. The molecule has 92 valence electrons. The van der Waals surface area contributed by atoms with Crippen molar-refractivity contribution in [3.63, 3.8) is 0 Å². The molecule has 2 saturated heterocycles. The molecule has 3 atom stereocenters. The Hall–Kier alpha value is -0.330. The van der Waals surface area contributed by atoms with Crippen LogP contribution in [0.5, 0.6) is 0 Å². The highest BCUT2D eigenvalue weighted by atomic mass is 35.5. The number of carbonyl (C=O) groups excluding carboxylic acids is 1. The molecule has 0 aromatic carbocycles. The minimum absolute atomic E-state index is 0.0549. The summed E-state index contributed by atoms with van der Waals surface area (Å²) in [6.45, 7) is 1.00. The summed E-state index contributed by atoms with van der Waals surface area (Å²) < 4.78 is 27.7. The number of carbonyl (C=O) groups is 1. The van der Waals surface area contributed by atoms with Crippen LogP contribution in [0.25, 0.3) is 0 Å². The van der Waals surface area contributed by atoms with Crippen LogP contribution in [0, 0.1) is 5.92 Å². The van der Waals surface area contributed by atoms with Gasteiger partial charge in [-0.1, -0.05) is 0 Å². The normalized spacial score (nSPS) is 37.4. The summed E-state index contributed by atoms with van der Waals surface area (Å²) in [4.78, 5) is 11.7. The molecule has 2 heterocycles. The maximum Gasteiger partial charge on any atom is 0.225 e. The molecular formula is C9H14ClNO4S. The molecule has 2 aliphatic heterocycles. The molecule has 0 bridgehead atoms. The predicted octanol–water partition coefficient (Wildman–Crippen LogP) is -0.456. The van der Waals surface area contributed by atoms with E-state index in [0.29, 0.717) is 19.6 Å². The van der Waals surface area contributed by atoms with E-state index in [-0.39, 0.29) is 23.3 Å². The van der Waals surface area contributed by atoms with E-state index >= 15 is 0 Å². The lowest BCUT2D eigenvalue weighted by Crippen LogP contribution is -2.43. The van der Waals surface area contributed by atoms with Crippen LogP contribution in [-0.2, 0) is 19.4 Å². The summed E-state index contributed by atoms with van der Waals surface area (Å²) in [6.07, 6.45) is 0.693. The SMILES string of the molecule is O=C(NC1CS(=O)(=O)CC1Cl)C1CCOC1. The van der Waals surface area contributed by atoms with Crippen molar-refractivity contribution in [2.45, 2.75) is 17.8 Å². The smallest absolute Gasteiger partial charge is 0.225 e. The Labute approximate surface area is 99.4 Å². The monoisotopic (exact) mass is 267 g/mol. The van der Waals surface area contributed by atoms with Gasteiger partial charge in [0.1, 0.15) is 0 Å². The highest BCUT2D eigenvalue weighted by Gasteiger charge is 2.38. The second-order valence-corrected chi connectivity index (χ2v) is 6.98. The molecule has 0 spiro atoms. The van der Waals surface area contributed by atoms with Gasteiger partial charge in [-0.05, 0) is 6.42 Å². The highest BCUT2D eigenvalue weighted by Crippen LogP contribution is 2.19. The predicted molar refractivity (Wildman–Crippen MR) is 59.2 cm³/mol. The maximum atomic E-state index is 11.7. The number of hydrogen-bond acceptors (Lipinski definition) is 4. The zero-order valence-electron chi connectivity index (χ0n) is 8.69. The lowest BCUT2D eigenvalue weighted by molar-refractivity contribution is -0.125. The van der Waals surface area contributed by atoms with Crippen molar-refractivity contribution in [2.24, 2.45) is 5.92 Å². The Kier molecular flexibility index (Phi) is 3.42. The Balaban J connectivity index is 1.92. The average molecular weight is 268 g/mol. The minimum Gasteiger partial charge on any atom is -0.381 e. The average Bonchev–Trinajstić information content (AvgIpc) is 2.74. The van der Waals surface area contributed by atoms with Crippen LogP contribution < -0.4 is 5.32 Å². The van der Waals surface area contributed by atoms with Crippen molar-refractivity contribution in [3.05, 3.63) is 0 Å². The van der Waals surface area contributed by atoms with Crippen LogP contribution in [-0.4, -0.2) is 50.5 Å². The molecule has 1 N–H and O–H groups in total. The first kappa shape index (κ1) is 12.1. The number of alkyl halides is 1. The fraction of sp³-hybridized carbons (Fsp3) is 0.889. The van der Waals surface area contributed by atoms with Crippen LogP contribution >= 0.6 is 11.6 Å². The fourth-order valence-electron chi connectivity index (χ4n) is 1.98. The van der Waals surface area contributed by atoms with Crippen molar-refractivity contribution < 1.29 is 17.9 Å². The third-order valence-corrected chi connectivity index (χ3v) is 5.29. The van der Waals surface area contributed by atoms with E-state index in [1.165, 1.54) is 0 Å². The summed E-state index contributed by atoms with van der Waals surface area (Å²) in [5, 5.41) is 2.18. The lowest BCUT2D eigenvalue weighted by atomic mass is 10.1. The third-order valence-electron chi connectivity index (χ3n) is 2.91. The Bertz CT molecular complexity index is 377. The van der Waals surface area contributed by atoms with Crippen molar-refractivity contribution >= 4 is 27.3 Å². The first-order valence-corrected chi connectivity index (χ1v) is 7.46. The summed E-state index contributed by atoms with van der Waals surface area (Å²) in [5.41, 5.74) is 0. The molecule has 0 saturated carbocycles. The van der Waals surface area contributed by atoms with Gasteiger partial charge >= 0.3 is 0 Å². The van der Waals surface area contributed by atoms with E-state index in [0.717, 1.165) is 0 Å². The molecule has 7 heteroatoms. The number of rotatable bonds is 2. The second kappa shape index (κ2) is 4.50. The molecule has 16 heavy (non-hydrogen) atoms. The third kappa shape index (κ3) is 2.67. The van der Waals surface area contributed by atoms with Crippen LogP contribution in [0.15, 0.2) is 0 Å². The van der Waals surface area contributed by atoms with Crippen LogP contribution in [0.3, 0.4) is 0 Å². The molecule has 0 aromatic rings. The minimum atomic E-state index is -3.09. The number of halogens is 1. The summed E-state index contributed by atoms with van der Waals surface area (Å²) >= 11 is 5.89. The Morgan fingerprint density at radius 2 is 2.12 bits per heavy atom. The van der Waals surface area contributed by atoms with E-state index in [1.54, 1.807) is 0 Å². The van der Waals surface area contributed by atoms with Crippen LogP contribution in [0.2, 0.25) is 0 Å². The molecule has 2 fully saturated rings. The van der Waals surface area contributed by atoms with Crippen molar-refractivity contribution in [2.75, 3.05) is 24.7 Å². The lowest BCUT2D eigenvalue weighted by Gasteiger charge is -2.16. The number of ether oxygens (including phenoxy) is 1. The molecule has 5 nitrogen and oxygen atoms in total. The summed E-state index contributed by atoms with van der Waals surface area (Å²) in [7, 11) is -3.09. The quantitative estimate of drug-likeness (QED) is 0.688. The number of nitrogens with one attached hydrogen (secondary N) is 1. The molecule has 0 radical (unpaired) electrons. The van der Waals surface area contributed by atoms with Gasteiger partial charge in [0.2, 0.25) is 5.91 Å². The van der Waals surface area contributed by atoms with E-state index in [4.69, 9.17) is 16.3 Å². The fourth-order valence-corrected chi connectivity index (χ4v) is 4.53. The van der Waals surface area contributed by atoms with Crippen LogP contribution in [0.4, 0.5) is 0 Å². The van der Waals surface area contributed by atoms with E-state index in [1.807, 2.05) is 0 Å². The largest absolute Gasteiger partial charge is 0.381 e. The second-order valence-electron chi connectivity index (χ2n) is 4.27. The van der Waals surface area contributed by atoms with Gasteiger partial charge in [0.15, 0.2) is 9.84 Å². The number of sulfone groups is 1. The highest BCUT2D eigenvalue weighted by molar-refractivity contribution is 7.91. The molecule has 0 aliphatic carbocycles. The van der Waals surface area contributed by atoms with Crippen molar-refractivity contribution in [1.29, 1.82) is 0 Å². The molecule has 3 unspecified atom stereocenters. The van der Waals surface area contributed by atoms with Gasteiger partial charge in [0.25, 0.3) is 0 Å². The maximum absolute atomic E-state index is 11.7. The summed E-state index contributed by atoms with van der Waals surface area (Å²) in [5.74, 6) is -0.418. The first-order chi connectivity index (χ1) is 7.48. The van der Waals surface area contributed by atoms with Gasteiger partial charge in [-0.15, -0.1) is 11.6 Å². The van der Waals surface area contributed by atoms with Gasteiger partial charge in [-0.25, -0.2) is 8.42 Å². The van der Waals surface area contributed by atoms with Crippen molar-refractivity contribution in [1.82, 2.24) is 5.32 Å². The standard InChI is InChI=1S/C9H14ClNO4S/c10-7-4-16(13,14)5-8(7)11-9(12)6-1-2-15-3-6/h6-8H,1-5H2,(H,11,12). The summed E-state index contributed by atoms with van der Waals surface area (Å²) in [6, 6.07) is -0.459. The zero-order valence-corrected chi connectivity index (χ0v) is 10.3. The van der Waals surface area contributed by atoms with E-state index in [2.05, 4.69) is 5.32 Å². The molecule has 2 aliphatic rings. The van der Waals surface area contributed by atoms with E-state index < -0.39 is 21.3 Å². The van der Waals surface area contributed by atoms with Gasteiger partial charge in [-0.3, -0.25) is 4.79 Å².